The molecule has 4 heteroatoms. The molecule has 0 spiro atoms. The standard InChI is InChI=1S/C13H16ClNO.ClH/c14-13(16)12-7-4-8-15(10-12)9-11-5-2-1-3-6-11;/h1-3,5-6,12H,4,7-10H2;1H. The Kier molecular flexibility index (Phi) is 5.96. The maximum absolute atomic E-state index is 11.1. The molecule has 0 aliphatic carbocycles. The summed E-state index contributed by atoms with van der Waals surface area (Å²) >= 11 is 5.56. The van der Waals surface area contributed by atoms with Gasteiger partial charge in [0.25, 0.3) is 0 Å². The van der Waals surface area contributed by atoms with Gasteiger partial charge in [0.1, 0.15) is 0 Å². The lowest BCUT2D eigenvalue weighted by atomic mass is 9.99. The molecule has 0 amide bonds. The van der Waals surface area contributed by atoms with E-state index >= 15 is 0 Å². The van der Waals surface area contributed by atoms with Crippen LogP contribution in [0.5, 0.6) is 0 Å². The first-order valence-electron chi connectivity index (χ1n) is 5.71. The molecule has 0 radical (unpaired) electrons. The number of nitrogens with zero attached hydrogens (tertiary/aromatic N) is 1. The van der Waals surface area contributed by atoms with Gasteiger partial charge in [-0.25, -0.2) is 0 Å². The Morgan fingerprint density at radius 1 is 1.35 bits per heavy atom. The van der Waals surface area contributed by atoms with E-state index in [1.165, 1.54) is 5.56 Å². The molecule has 1 atom stereocenters. The second-order valence-corrected chi connectivity index (χ2v) is 4.74. The van der Waals surface area contributed by atoms with Crippen LogP contribution in [0.25, 0.3) is 0 Å². The molecular weight excluding hydrogens is 257 g/mol. The number of likely N-dealkylation sites (tertiary alicyclic amines) is 1. The molecule has 1 heterocycles. The van der Waals surface area contributed by atoms with E-state index in [0.29, 0.717) is 0 Å². The number of halogens is 2. The Hall–Kier alpha value is -0.570. The predicted molar refractivity (Wildman–Crippen MR) is 72.6 cm³/mol. The van der Waals surface area contributed by atoms with Crippen molar-refractivity contribution in [2.75, 3.05) is 13.1 Å². The van der Waals surface area contributed by atoms with Crippen molar-refractivity contribution in [3.63, 3.8) is 0 Å². The molecule has 17 heavy (non-hydrogen) atoms. The van der Waals surface area contributed by atoms with Crippen molar-refractivity contribution in [1.82, 2.24) is 4.90 Å². The summed E-state index contributed by atoms with van der Waals surface area (Å²) in [6.07, 6.45) is 2.00. The number of piperidine rings is 1. The van der Waals surface area contributed by atoms with Gasteiger partial charge in [0.05, 0.1) is 0 Å². The van der Waals surface area contributed by atoms with E-state index in [4.69, 9.17) is 11.6 Å². The van der Waals surface area contributed by atoms with E-state index in [2.05, 4.69) is 17.0 Å². The molecule has 0 aromatic heterocycles. The zero-order valence-corrected chi connectivity index (χ0v) is 11.2. The highest BCUT2D eigenvalue weighted by Crippen LogP contribution is 2.20. The average molecular weight is 274 g/mol. The summed E-state index contributed by atoms with van der Waals surface area (Å²) in [4.78, 5) is 13.4. The van der Waals surface area contributed by atoms with E-state index in [0.717, 1.165) is 32.5 Å². The van der Waals surface area contributed by atoms with E-state index in [9.17, 15) is 4.79 Å². The molecule has 1 fully saturated rings. The number of carbonyl (C=O) groups is 1. The maximum Gasteiger partial charge on any atom is 0.226 e. The summed E-state index contributed by atoms with van der Waals surface area (Å²) in [5.41, 5.74) is 1.30. The Morgan fingerprint density at radius 2 is 2.06 bits per heavy atom. The lowest BCUT2D eigenvalue weighted by molar-refractivity contribution is -0.116. The monoisotopic (exact) mass is 273 g/mol. The fraction of sp³-hybridized carbons (Fsp3) is 0.462. The second kappa shape index (κ2) is 7.00. The normalized spacial score (nSPS) is 20.6. The van der Waals surface area contributed by atoms with Gasteiger partial charge in [0, 0.05) is 19.0 Å². The number of hydrogen-bond donors (Lipinski definition) is 0. The van der Waals surface area contributed by atoms with Crippen LogP contribution in [0.15, 0.2) is 30.3 Å². The smallest absolute Gasteiger partial charge is 0.226 e. The van der Waals surface area contributed by atoms with Crippen LogP contribution in [-0.2, 0) is 11.3 Å². The third-order valence-electron chi connectivity index (χ3n) is 3.08. The summed E-state index contributed by atoms with van der Waals surface area (Å²) < 4.78 is 0. The highest BCUT2D eigenvalue weighted by Gasteiger charge is 2.24. The maximum atomic E-state index is 11.1. The van der Waals surface area contributed by atoms with Crippen molar-refractivity contribution in [2.24, 2.45) is 5.92 Å². The molecule has 94 valence electrons. The van der Waals surface area contributed by atoms with Crippen LogP contribution < -0.4 is 0 Å². The van der Waals surface area contributed by atoms with Crippen molar-refractivity contribution < 1.29 is 4.79 Å². The van der Waals surface area contributed by atoms with Crippen molar-refractivity contribution in [3.8, 4) is 0 Å². The van der Waals surface area contributed by atoms with Crippen LogP contribution in [0.1, 0.15) is 18.4 Å². The first kappa shape index (κ1) is 14.5. The minimum atomic E-state index is -0.183. The van der Waals surface area contributed by atoms with E-state index < -0.39 is 0 Å². The van der Waals surface area contributed by atoms with Crippen LogP contribution in [0, 0.1) is 5.92 Å². The molecule has 2 nitrogen and oxygen atoms in total. The van der Waals surface area contributed by atoms with Gasteiger partial charge in [-0.15, -0.1) is 12.4 Å². The van der Waals surface area contributed by atoms with Crippen molar-refractivity contribution in [2.45, 2.75) is 19.4 Å². The van der Waals surface area contributed by atoms with Gasteiger partial charge < -0.3 is 0 Å². The zero-order chi connectivity index (χ0) is 11.4. The number of benzene rings is 1. The molecule has 1 aromatic rings. The van der Waals surface area contributed by atoms with Gasteiger partial charge in [0.15, 0.2) is 0 Å². The van der Waals surface area contributed by atoms with E-state index in [1.807, 2.05) is 18.2 Å². The lowest BCUT2D eigenvalue weighted by Gasteiger charge is -2.30. The minimum Gasteiger partial charge on any atom is -0.298 e. The molecular formula is C13H17Cl2NO. The summed E-state index contributed by atoms with van der Waals surface area (Å²) in [6, 6.07) is 10.3. The van der Waals surface area contributed by atoms with Crippen LogP contribution in [-0.4, -0.2) is 23.2 Å². The molecule has 1 aliphatic rings. The first-order valence-corrected chi connectivity index (χ1v) is 6.09. The predicted octanol–water partition coefficient (Wildman–Crippen LogP) is 3.09. The fourth-order valence-corrected chi connectivity index (χ4v) is 2.40. The lowest BCUT2D eigenvalue weighted by Crippen LogP contribution is -2.37. The van der Waals surface area contributed by atoms with Crippen molar-refractivity contribution in [3.05, 3.63) is 35.9 Å². The van der Waals surface area contributed by atoms with Crippen molar-refractivity contribution >= 4 is 29.3 Å². The topological polar surface area (TPSA) is 20.3 Å². The fourth-order valence-electron chi connectivity index (χ4n) is 2.23. The average Bonchev–Trinajstić information content (AvgIpc) is 2.30. The Morgan fingerprint density at radius 3 is 2.71 bits per heavy atom. The molecule has 1 saturated heterocycles. The quantitative estimate of drug-likeness (QED) is 0.789. The third kappa shape index (κ3) is 4.30. The molecule has 1 aromatic carbocycles. The van der Waals surface area contributed by atoms with Crippen LogP contribution in [0.2, 0.25) is 0 Å². The van der Waals surface area contributed by atoms with E-state index in [-0.39, 0.29) is 23.6 Å². The third-order valence-corrected chi connectivity index (χ3v) is 3.38. The molecule has 2 rings (SSSR count). The van der Waals surface area contributed by atoms with Crippen LogP contribution in [0.4, 0.5) is 0 Å². The molecule has 0 saturated carbocycles. The highest BCUT2D eigenvalue weighted by atomic mass is 35.5. The number of rotatable bonds is 3. The minimum absolute atomic E-state index is 0. The Bertz CT molecular complexity index is 356. The van der Waals surface area contributed by atoms with Gasteiger partial charge in [-0.1, -0.05) is 30.3 Å². The molecule has 1 unspecified atom stereocenters. The highest BCUT2D eigenvalue weighted by molar-refractivity contribution is 6.64. The summed E-state index contributed by atoms with van der Waals surface area (Å²) in [7, 11) is 0. The molecule has 1 aliphatic heterocycles. The first-order chi connectivity index (χ1) is 7.75. The summed E-state index contributed by atoms with van der Waals surface area (Å²) in [5, 5.41) is -0.183. The summed E-state index contributed by atoms with van der Waals surface area (Å²) in [6.45, 7) is 2.79. The molecule has 0 N–H and O–H groups in total. The van der Waals surface area contributed by atoms with Crippen LogP contribution >= 0.6 is 24.0 Å². The van der Waals surface area contributed by atoms with Crippen molar-refractivity contribution in [1.29, 1.82) is 0 Å². The van der Waals surface area contributed by atoms with Gasteiger partial charge in [-0.2, -0.15) is 0 Å². The molecule has 0 bridgehead atoms. The van der Waals surface area contributed by atoms with Crippen LogP contribution in [0.3, 0.4) is 0 Å². The van der Waals surface area contributed by atoms with Gasteiger partial charge >= 0.3 is 0 Å². The Balaban J connectivity index is 0.00000144. The SMILES string of the molecule is Cl.O=C(Cl)C1CCCN(Cc2ccccc2)C1. The van der Waals surface area contributed by atoms with Gasteiger partial charge in [-0.05, 0) is 36.6 Å². The Labute approximate surface area is 113 Å². The van der Waals surface area contributed by atoms with Gasteiger partial charge in [-0.3, -0.25) is 9.69 Å². The largest absolute Gasteiger partial charge is 0.298 e. The number of carbonyl (C=O) groups excluding carboxylic acids is 1. The van der Waals surface area contributed by atoms with E-state index in [1.54, 1.807) is 0 Å². The number of hydrogen-bond acceptors (Lipinski definition) is 2. The zero-order valence-electron chi connectivity index (χ0n) is 9.64. The van der Waals surface area contributed by atoms with Gasteiger partial charge in [0.2, 0.25) is 5.24 Å². The second-order valence-electron chi connectivity index (χ2n) is 4.36. The summed E-state index contributed by atoms with van der Waals surface area (Å²) in [5.74, 6) is 0.0270.